The number of anilines is 2. The maximum atomic E-state index is 12.7. The fraction of sp³-hybridized carbons (Fsp3) is 0.375. The lowest BCUT2D eigenvalue weighted by Crippen LogP contribution is -2.32. The van der Waals surface area contributed by atoms with Crippen LogP contribution in [0.15, 0.2) is 36.4 Å². The van der Waals surface area contributed by atoms with E-state index in [0.29, 0.717) is 44.8 Å². The Morgan fingerprint density at radius 1 is 1.14 bits per heavy atom. The van der Waals surface area contributed by atoms with Gasteiger partial charge in [-0.1, -0.05) is 11.3 Å². The Morgan fingerprint density at radius 3 is 2.67 bits per heavy atom. The SMILES string of the molecule is Cn1c(Nc2nc3ccc(OC(F)(F)F)cc3s2)nc2cc(C(=O)NCC3CCC(O)CC3)ccc21. The van der Waals surface area contributed by atoms with Gasteiger partial charge < -0.3 is 25.0 Å². The number of hydrogen-bond donors (Lipinski definition) is 3. The summed E-state index contributed by atoms with van der Waals surface area (Å²) >= 11 is 1.18. The molecule has 0 spiro atoms. The number of halogens is 3. The Morgan fingerprint density at radius 2 is 1.92 bits per heavy atom. The largest absolute Gasteiger partial charge is 0.573 e. The quantitative estimate of drug-likeness (QED) is 0.328. The summed E-state index contributed by atoms with van der Waals surface area (Å²) in [6.45, 7) is 0.575. The third-order valence-corrected chi connectivity index (χ3v) is 7.26. The first-order valence-corrected chi connectivity index (χ1v) is 12.3. The number of aliphatic hydroxyl groups excluding tert-OH is 1. The van der Waals surface area contributed by atoms with Crippen LogP contribution >= 0.6 is 11.3 Å². The number of hydrogen-bond acceptors (Lipinski definition) is 7. The van der Waals surface area contributed by atoms with Crippen LogP contribution in [0.4, 0.5) is 24.3 Å². The van der Waals surface area contributed by atoms with Gasteiger partial charge in [0.25, 0.3) is 5.91 Å². The number of nitrogens with zero attached hydrogens (tertiary/aromatic N) is 3. The van der Waals surface area contributed by atoms with Crippen molar-refractivity contribution in [3.05, 3.63) is 42.0 Å². The highest BCUT2D eigenvalue weighted by Crippen LogP contribution is 2.33. The minimum Gasteiger partial charge on any atom is -0.406 e. The number of alkyl halides is 3. The molecular formula is C24H24F3N5O3S. The summed E-state index contributed by atoms with van der Waals surface area (Å²) < 4.78 is 43.9. The summed E-state index contributed by atoms with van der Waals surface area (Å²) in [5, 5.41) is 16.2. The van der Waals surface area contributed by atoms with Crippen LogP contribution in [0.1, 0.15) is 36.0 Å². The number of nitrogens with one attached hydrogen (secondary N) is 2. The Labute approximate surface area is 208 Å². The maximum Gasteiger partial charge on any atom is 0.573 e. The Kier molecular flexibility index (Phi) is 6.47. The van der Waals surface area contributed by atoms with Crippen LogP contribution in [0.2, 0.25) is 0 Å². The van der Waals surface area contributed by atoms with Gasteiger partial charge in [0.2, 0.25) is 5.95 Å². The fourth-order valence-corrected chi connectivity index (χ4v) is 5.28. The number of carbonyl (C=O) groups is 1. The zero-order valence-electron chi connectivity index (χ0n) is 19.3. The van der Waals surface area contributed by atoms with Crippen molar-refractivity contribution in [2.45, 2.75) is 38.1 Å². The van der Waals surface area contributed by atoms with E-state index in [2.05, 4.69) is 25.3 Å². The number of aryl methyl sites for hydroxylation is 1. The third-order valence-electron chi connectivity index (χ3n) is 6.32. The first-order valence-electron chi connectivity index (χ1n) is 11.5. The lowest BCUT2D eigenvalue weighted by molar-refractivity contribution is -0.274. The molecule has 2 aromatic carbocycles. The van der Waals surface area contributed by atoms with E-state index in [-0.39, 0.29) is 17.8 Å². The van der Waals surface area contributed by atoms with Crippen molar-refractivity contribution in [2.24, 2.45) is 13.0 Å². The van der Waals surface area contributed by atoms with Crippen LogP contribution in [0.25, 0.3) is 21.3 Å². The van der Waals surface area contributed by atoms with Gasteiger partial charge in [-0.25, -0.2) is 9.97 Å². The lowest BCUT2D eigenvalue weighted by atomic mass is 9.87. The average molecular weight is 520 g/mol. The Bertz CT molecular complexity index is 1410. The van der Waals surface area contributed by atoms with E-state index < -0.39 is 6.36 Å². The van der Waals surface area contributed by atoms with E-state index in [1.807, 2.05) is 17.7 Å². The minimum atomic E-state index is -4.76. The zero-order chi connectivity index (χ0) is 25.4. The molecule has 8 nitrogen and oxygen atoms in total. The number of aromatic nitrogens is 3. The minimum absolute atomic E-state index is 0.175. The van der Waals surface area contributed by atoms with Gasteiger partial charge in [0, 0.05) is 25.2 Å². The van der Waals surface area contributed by atoms with Gasteiger partial charge in [-0.15, -0.1) is 13.2 Å². The van der Waals surface area contributed by atoms with E-state index in [1.165, 1.54) is 29.5 Å². The predicted molar refractivity (Wildman–Crippen MR) is 131 cm³/mol. The molecule has 0 saturated heterocycles. The molecule has 0 aliphatic heterocycles. The second-order valence-electron chi connectivity index (χ2n) is 8.90. The molecular weight excluding hydrogens is 495 g/mol. The molecule has 3 N–H and O–H groups in total. The fourth-order valence-electron chi connectivity index (χ4n) is 4.39. The standard InChI is InChI=1S/C24H24F3N5O3S/c1-32-19-9-4-14(21(34)28-12-13-2-5-15(33)6-3-13)10-18(19)29-22(32)31-23-30-17-8-7-16(11-20(17)36-23)35-24(25,26)27/h4,7-11,13,15,33H,2-3,5-6,12H2,1H3,(H,28,34)(H,29,30,31). The molecule has 0 unspecified atom stereocenters. The number of carbonyl (C=O) groups excluding carboxylic acids is 1. The van der Waals surface area contributed by atoms with Crippen LogP contribution in [-0.2, 0) is 7.05 Å². The van der Waals surface area contributed by atoms with Crippen LogP contribution in [0.3, 0.4) is 0 Å². The molecule has 2 heterocycles. The van der Waals surface area contributed by atoms with Gasteiger partial charge in [-0.2, -0.15) is 0 Å². The van der Waals surface area contributed by atoms with E-state index in [4.69, 9.17) is 0 Å². The van der Waals surface area contributed by atoms with Crippen LogP contribution < -0.4 is 15.4 Å². The highest BCUT2D eigenvalue weighted by Gasteiger charge is 2.31. The molecule has 2 aromatic heterocycles. The van der Waals surface area contributed by atoms with Crippen molar-refractivity contribution in [1.29, 1.82) is 0 Å². The number of aliphatic hydroxyl groups is 1. The Balaban J connectivity index is 1.30. The molecule has 0 bridgehead atoms. The summed E-state index contributed by atoms with van der Waals surface area (Å²) in [6, 6.07) is 9.26. The number of fused-ring (bicyclic) bond motifs is 2. The van der Waals surface area contributed by atoms with Gasteiger partial charge in [-0.05, 0) is 61.9 Å². The van der Waals surface area contributed by atoms with Gasteiger partial charge >= 0.3 is 6.36 Å². The van der Waals surface area contributed by atoms with Crippen LogP contribution in [0, 0.1) is 5.92 Å². The number of ether oxygens (including phenoxy) is 1. The first kappa shape index (κ1) is 24.3. The van der Waals surface area contributed by atoms with E-state index in [0.717, 1.165) is 31.2 Å². The topological polar surface area (TPSA) is 101 Å². The molecule has 0 radical (unpaired) electrons. The second kappa shape index (κ2) is 9.58. The number of rotatable bonds is 6. The molecule has 36 heavy (non-hydrogen) atoms. The smallest absolute Gasteiger partial charge is 0.406 e. The molecule has 1 aliphatic rings. The molecule has 1 saturated carbocycles. The highest BCUT2D eigenvalue weighted by atomic mass is 32.1. The molecule has 0 atom stereocenters. The summed E-state index contributed by atoms with van der Waals surface area (Å²) in [7, 11) is 1.82. The monoisotopic (exact) mass is 519 g/mol. The van der Waals surface area contributed by atoms with Crippen LogP contribution in [-0.4, -0.2) is 44.6 Å². The maximum absolute atomic E-state index is 12.7. The predicted octanol–water partition coefficient (Wildman–Crippen LogP) is 5.11. The lowest BCUT2D eigenvalue weighted by Gasteiger charge is -2.25. The Hall–Kier alpha value is -3.38. The first-order chi connectivity index (χ1) is 17.1. The molecule has 5 rings (SSSR count). The van der Waals surface area contributed by atoms with Crippen molar-refractivity contribution in [3.8, 4) is 5.75 Å². The number of benzene rings is 2. The summed E-state index contributed by atoms with van der Waals surface area (Å²) in [5.41, 5.74) is 2.45. The zero-order valence-corrected chi connectivity index (χ0v) is 20.1. The number of amides is 1. The molecule has 1 fully saturated rings. The van der Waals surface area contributed by atoms with Crippen molar-refractivity contribution in [2.75, 3.05) is 11.9 Å². The second-order valence-corrected chi connectivity index (χ2v) is 9.93. The molecule has 1 aliphatic carbocycles. The van der Waals surface area contributed by atoms with E-state index in [1.54, 1.807) is 12.1 Å². The van der Waals surface area contributed by atoms with Crippen molar-refractivity contribution in [1.82, 2.24) is 19.9 Å². The summed E-state index contributed by atoms with van der Waals surface area (Å²) in [4.78, 5) is 21.7. The number of imidazole rings is 1. The van der Waals surface area contributed by atoms with Gasteiger partial charge in [0.1, 0.15) is 5.75 Å². The molecule has 4 aromatic rings. The molecule has 1 amide bonds. The van der Waals surface area contributed by atoms with Gasteiger partial charge in [0.15, 0.2) is 5.13 Å². The van der Waals surface area contributed by atoms with Crippen molar-refractivity contribution >= 4 is 49.6 Å². The van der Waals surface area contributed by atoms with Gasteiger partial charge in [0.05, 0.1) is 27.4 Å². The number of thiazole rings is 1. The normalized spacial score (nSPS) is 18.5. The summed E-state index contributed by atoms with van der Waals surface area (Å²) in [5.74, 6) is 0.372. The van der Waals surface area contributed by atoms with E-state index in [9.17, 15) is 23.1 Å². The van der Waals surface area contributed by atoms with E-state index >= 15 is 0 Å². The average Bonchev–Trinajstić information content (AvgIpc) is 3.37. The van der Waals surface area contributed by atoms with Crippen LogP contribution in [0.5, 0.6) is 5.75 Å². The van der Waals surface area contributed by atoms with Gasteiger partial charge in [-0.3, -0.25) is 4.79 Å². The summed E-state index contributed by atoms with van der Waals surface area (Å²) in [6.07, 6.45) is -1.64. The van der Waals surface area contributed by atoms with Crippen molar-refractivity contribution < 1.29 is 27.8 Å². The molecule has 12 heteroatoms. The molecule has 190 valence electrons. The third kappa shape index (κ3) is 5.39. The highest BCUT2D eigenvalue weighted by molar-refractivity contribution is 7.22. The van der Waals surface area contributed by atoms with Crippen molar-refractivity contribution in [3.63, 3.8) is 0 Å².